The third-order valence-electron chi connectivity index (χ3n) is 4.20. The second kappa shape index (κ2) is 6.26. The maximum absolute atomic E-state index is 12.9. The van der Waals surface area contributed by atoms with Crippen molar-refractivity contribution in [3.05, 3.63) is 59.7 Å². The summed E-state index contributed by atoms with van der Waals surface area (Å²) in [4.78, 5) is 11.6. The monoisotopic (exact) mass is 346 g/mol. The number of carbonyl (C=O) groups excluding carboxylic acids is 1. The average molecular weight is 346 g/mol. The van der Waals surface area contributed by atoms with Gasteiger partial charge in [0.25, 0.3) is 5.91 Å². The second-order valence-corrected chi connectivity index (χ2v) is 7.45. The fourth-order valence-electron chi connectivity index (χ4n) is 2.83. The number of hydrogen-bond acceptors (Lipinski definition) is 4. The van der Waals surface area contributed by atoms with E-state index in [0.717, 1.165) is 12.0 Å². The van der Waals surface area contributed by atoms with Gasteiger partial charge in [-0.2, -0.15) is 4.31 Å². The molecule has 1 amide bonds. The van der Waals surface area contributed by atoms with Gasteiger partial charge in [-0.15, -0.1) is 0 Å². The Morgan fingerprint density at radius 2 is 1.92 bits per heavy atom. The third-order valence-corrected chi connectivity index (χ3v) is 6.10. The van der Waals surface area contributed by atoms with Crippen LogP contribution in [-0.2, 0) is 10.0 Å². The van der Waals surface area contributed by atoms with E-state index in [2.05, 4.69) is 0 Å². The Morgan fingerprint density at radius 3 is 2.46 bits per heavy atom. The van der Waals surface area contributed by atoms with E-state index in [1.807, 2.05) is 30.3 Å². The van der Waals surface area contributed by atoms with Crippen LogP contribution in [0, 0.1) is 0 Å². The summed E-state index contributed by atoms with van der Waals surface area (Å²) in [5, 5.41) is 0. The van der Waals surface area contributed by atoms with Crippen LogP contribution in [0.5, 0.6) is 5.75 Å². The molecule has 0 aliphatic carbocycles. The Balaban J connectivity index is 1.97. The Kier molecular flexibility index (Phi) is 4.29. The number of methoxy groups -OCH3 is 1. The predicted molar refractivity (Wildman–Crippen MR) is 89.2 cm³/mol. The van der Waals surface area contributed by atoms with Gasteiger partial charge in [0.2, 0.25) is 10.0 Å². The van der Waals surface area contributed by atoms with E-state index in [1.165, 1.54) is 29.6 Å². The molecule has 1 saturated heterocycles. The number of rotatable bonds is 5. The summed E-state index contributed by atoms with van der Waals surface area (Å²) < 4.78 is 32.3. The number of nitrogens with two attached hydrogens (primary N) is 1. The maximum Gasteiger partial charge on any atom is 0.252 e. The van der Waals surface area contributed by atoms with E-state index in [9.17, 15) is 13.2 Å². The van der Waals surface area contributed by atoms with Crippen LogP contribution in [0.3, 0.4) is 0 Å². The first-order chi connectivity index (χ1) is 11.4. The molecule has 0 radical (unpaired) electrons. The highest BCUT2D eigenvalue weighted by atomic mass is 32.2. The van der Waals surface area contributed by atoms with Crippen LogP contribution in [0.15, 0.2) is 53.4 Å². The molecule has 6 nitrogen and oxygen atoms in total. The Morgan fingerprint density at radius 1 is 1.21 bits per heavy atom. The molecular weight excluding hydrogens is 328 g/mol. The minimum absolute atomic E-state index is 0.0396. The molecule has 1 atom stereocenters. The van der Waals surface area contributed by atoms with Crippen LogP contribution in [0.2, 0.25) is 0 Å². The zero-order valence-corrected chi connectivity index (χ0v) is 14.0. The molecule has 1 aliphatic rings. The van der Waals surface area contributed by atoms with Crippen LogP contribution < -0.4 is 10.5 Å². The van der Waals surface area contributed by atoms with Crippen molar-refractivity contribution in [2.24, 2.45) is 5.73 Å². The van der Waals surface area contributed by atoms with Gasteiger partial charge >= 0.3 is 0 Å². The number of primary amides is 1. The van der Waals surface area contributed by atoms with E-state index in [-0.39, 0.29) is 22.3 Å². The lowest BCUT2D eigenvalue weighted by molar-refractivity contribution is 0.0997. The van der Waals surface area contributed by atoms with E-state index in [1.54, 1.807) is 0 Å². The van der Waals surface area contributed by atoms with Crippen LogP contribution in [-0.4, -0.2) is 32.3 Å². The Labute approximate surface area is 140 Å². The molecule has 2 N–H and O–H groups in total. The number of benzene rings is 2. The van der Waals surface area contributed by atoms with Crippen molar-refractivity contribution < 1.29 is 17.9 Å². The number of carbonyl (C=O) groups is 1. The number of amides is 1. The standard InChI is InChI=1S/C17H18N2O4S/c1-23-16-8-7-13(11-14(16)17(18)20)24(21,22)19-10-9-15(19)12-5-3-2-4-6-12/h2-8,11,15H,9-10H2,1H3,(H2,18,20)/t15-/m0/s1. The van der Waals surface area contributed by atoms with Gasteiger partial charge in [-0.1, -0.05) is 30.3 Å². The largest absolute Gasteiger partial charge is 0.496 e. The van der Waals surface area contributed by atoms with Crippen LogP contribution >= 0.6 is 0 Å². The lowest BCUT2D eigenvalue weighted by Crippen LogP contribution is -2.45. The van der Waals surface area contributed by atoms with Crippen LogP contribution in [0.4, 0.5) is 0 Å². The molecule has 0 spiro atoms. The lowest BCUT2D eigenvalue weighted by atomic mass is 9.98. The molecular formula is C17H18N2O4S. The van der Waals surface area contributed by atoms with Crippen molar-refractivity contribution in [3.63, 3.8) is 0 Å². The quantitative estimate of drug-likeness (QED) is 0.896. The minimum atomic E-state index is -3.71. The van der Waals surface area contributed by atoms with Crippen molar-refractivity contribution in [2.75, 3.05) is 13.7 Å². The summed E-state index contributed by atoms with van der Waals surface area (Å²) >= 11 is 0. The maximum atomic E-state index is 12.9. The fraction of sp³-hybridized carbons (Fsp3) is 0.235. The molecule has 7 heteroatoms. The summed E-state index contributed by atoms with van der Waals surface area (Å²) in [5.41, 5.74) is 6.32. The predicted octanol–water partition coefficient (Wildman–Crippen LogP) is 1.93. The van der Waals surface area contributed by atoms with Crippen molar-refractivity contribution >= 4 is 15.9 Å². The first-order valence-corrected chi connectivity index (χ1v) is 8.94. The lowest BCUT2D eigenvalue weighted by Gasteiger charge is -2.40. The molecule has 0 aromatic heterocycles. The topological polar surface area (TPSA) is 89.7 Å². The van der Waals surface area contributed by atoms with Gasteiger partial charge in [-0.25, -0.2) is 8.42 Å². The summed E-state index contributed by atoms with van der Waals surface area (Å²) in [7, 11) is -2.31. The van der Waals surface area contributed by atoms with E-state index >= 15 is 0 Å². The van der Waals surface area contributed by atoms with Gasteiger partial charge in [0.05, 0.1) is 23.6 Å². The molecule has 24 heavy (non-hydrogen) atoms. The van der Waals surface area contributed by atoms with Gasteiger partial charge in [0, 0.05) is 6.54 Å². The number of ether oxygens (including phenoxy) is 1. The molecule has 0 bridgehead atoms. The van der Waals surface area contributed by atoms with Crippen LogP contribution in [0.1, 0.15) is 28.4 Å². The molecule has 2 aromatic rings. The highest BCUT2D eigenvalue weighted by Crippen LogP contribution is 2.38. The van der Waals surface area contributed by atoms with E-state index in [4.69, 9.17) is 10.5 Å². The summed E-state index contributed by atoms with van der Waals surface area (Å²) in [6, 6.07) is 13.5. The molecule has 126 valence electrons. The van der Waals surface area contributed by atoms with Crippen molar-refractivity contribution in [1.29, 1.82) is 0 Å². The van der Waals surface area contributed by atoms with Crippen molar-refractivity contribution in [3.8, 4) is 5.75 Å². The Hall–Kier alpha value is -2.38. The summed E-state index contributed by atoms with van der Waals surface area (Å²) in [5.74, 6) is -0.475. The van der Waals surface area contributed by atoms with Gasteiger partial charge < -0.3 is 10.5 Å². The van der Waals surface area contributed by atoms with Gasteiger partial charge in [-0.05, 0) is 30.2 Å². The summed E-state index contributed by atoms with van der Waals surface area (Å²) in [6.07, 6.45) is 0.766. The molecule has 0 unspecified atom stereocenters. The van der Waals surface area contributed by atoms with Crippen LogP contribution in [0.25, 0.3) is 0 Å². The number of nitrogens with zero attached hydrogens (tertiary/aromatic N) is 1. The van der Waals surface area contributed by atoms with E-state index in [0.29, 0.717) is 6.54 Å². The number of sulfonamides is 1. The van der Waals surface area contributed by atoms with Gasteiger partial charge in [0.1, 0.15) is 5.75 Å². The van der Waals surface area contributed by atoms with Crippen molar-refractivity contribution in [1.82, 2.24) is 4.31 Å². The van der Waals surface area contributed by atoms with Gasteiger partial charge in [-0.3, -0.25) is 4.79 Å². The molecule has 1 aliphatic heterocycles. The molecule has 3 rings (SSSR count). The molecule has 2 aromatic carbocycles. The second-order valence-electron chi connectivity index (χ2n) is 5.56. The molecule has 1 heterocycles. The SMILES string of the molecule is COc1ccc(S(=O)(=O)N2CC[C@H]2c2ccccc2)cc1C(N)=O. The van der Waals surface area contributed by atoms with Crippen molar-refractivity contribution in [2.45, 2.75) is 17.4 Å². The molecule has 0 saturated carbocycles. The molecule has 1 fully saturated rings. The minimum Gasteiger partial charge on any atom is -0.496 e. The first-order valence-electron chi connectivity index (χ1n) is 7.50. The summed E-state index contributed by atoms with van der Waals surface area (Å²) in [6.45, 7) is 0.444. The normalized spacial score (nSPS) is 18.0. The zero-order chi connectivity index (χ0) is 17.3. The fourth-order valence-corrected chi connectivity index (χ4v) is 4.52. The average Bonchev–Trinajstić information content (AvgIpc) is 2.53. The third kappa shape index (κ3) is 2.76. The number of hydrogen-bond donors (Lipinski definition) is 1. The zero-order valence-electron chi connectivity index (χ0n) is 13.2. The van der Waals surface area contributed by atoms with E-state index < -0.39 is 15.9 Å². The smallest absolute Gasteiger partial charge is 0.252 e. The first kappa shape index (κ1) is 16.5. The van der Waals surface area contributed by atoms with Gasteiger partial charge in [0.15, 0.2) is 0 Å². The Bertz CT molecular complexity index is 865. The highest BCUT2D eigenvalue weighted by Gasteiger charge is 2.39. The highest BCUT2D eigenvalue weighted by molar-refractivity contribution is 7.89.